The van der Waals surface area contributed by atoms with Crippen LogP contribution in [0.1, 0.15) is 41.7 Å². The minimum atomic E-state index is -0.312. The second kappa shape index (κ2) is 6.53. The summed E-state index contributed by atoms with van der Waals surface area (Å²) >= 11 is 0. The molecule has 2 aromatic heterocycles. The van der Waals surface area contributed by atoms with E-state index >= 15 is 0 Å². The number of hydrogen-bond donors (Lipinski definition) is 1. The first-order valence-electron chi connectivity index (χ1n) is 12.2. The van der Waals surface area contributed by atoms with E-state index in [-0.39, 0.29) is 30.4 Å². The van der Waals surface area contributed by atoms with Gasteiger partial charge in [-0.05, 0) is 24.6 Å². The molecule has 2 bridgehead atoms. The third-order valence-electron chi connectivity index (χ3n) is 8.43. The van der Waals surface area contributed by atoms with Crippen molar-refractivity contribution in [2.24, 2.45) is 5.92 Å². The Morgan fingerprint density at radius 3 is 2.40 bits per heavy atom. The lowest BCUT2D eigenvalue weighted by molar-refractivity contribution is -0.198. The number of benzene rings is 3. The van der Waals surface area contributed by atoms with E-state index in [1.165, 1.54) is 0 Å². The lowest BCUT2D eigenvalue weighted by Crippen LogP contribution is -2.41. The van der Waals surface area contributed by atoms with E-state index in [2.05, 4.69) is 76.5 Å². The van der Waals surface area contributed by atoms with Crippen LogP contribution in [0.15, 0.2) is 60.7 Å². The van der Waals surface area contributed by atoms with E-state index in [0.29, 0.717) is 6.54 Å². The zero-order chi connectivity index (χ0) is 23.6. The van der Waals surface area contributed by atoms with E-state index in [1.54, 1.807) is 7.11 Å². The molecule has 3 aromatic carbocycles. The normalized spacial score (nSPS) is 25.0. The summed E-state index contributed by atoms with van der Waals surface area (Å²) in [5, 5.41) is 7.53. The van der Waals surface area contributed by atoms with Gasteiger partial charge in [0, 0.05) is 47.5 Å². The van der Waals surface area contributed by atoms with Crippen molar-refractivity contribution < 1.29 is 14.3 Å². The molecule has 3 aliphatic rings. The van der Waals surface area contributed by atoms with Crippen molar-refractivity contribution in [1.29, 1.82) is 0 Å². The van der Waals surface area contributed by atoms with Gasteiger partial charge >= 0.3 is 0 Å². The van der Waals surface area contributed by atoms with Crippen LogP contribution >= 0.6 is 0 Å². The molecular weight excluding hydrogens is 438 g/mol. The summed E-state index contributed by atoms with van der Waals surface area (Å²) in [7, 11) is 1.77. The predicted molar refractivity (Wildman–Crippen MR) is 136 cm³/mol. The number of hydrogen-bond acceptors (Lipinski definition) is 3. The van der Waals surface area contributed by atoms with Crippen LogP contribution in [0.3, 0.4) is 0 Å². The molecule has 5 heterocycles. The Morgan fingerprint density at radius 1 is 1.03 bits per heavy atom. The Kier molecular flexibility index (Phi) is 3.67. The zero-order valence-electron chi connectivity index (χ0n) is 19.7. The molecule has 1 saturated heterocycles. The van der Waals surface area contributed by atoms with E-state index in [9.17, 15) is 4.79 Å². The molecule has 35 heavy (non-hydrogen) atoms. The van der Waals surface area contributed by atoms with Crippen LogP contribution in [-0.4, -0.2) is 28.3 Å². The quantitative estimate of drug-likeness (QED) is 0.338. The van der Waals surface area contributed by atoms with Crippen LogP contribution in [0, 0.1) is 5.92 Å². The molecule has 0 unspecified atom stereocenters. The van der Waals surface area contributed by atoms with Gasteiger partial charge in [-0.2, -0.15) is 0 Å². The van der Waals surface area contributed by atoms with Crippen LogP contribution in [-0.2, 0) is 16.0 Å². The van der Waals surface area contributed by atoms with Crippen LogP contribution in [0.5, 0.6) is 0 Å². The highest BCUT2D eigenvalue weighted by molar-refractivity contribution is 6.30. The summed E-state index contributed by atoms with van der Waals surface area (Å²) in [5.41, 5.74) is 7.39. The molecule has 8 rings (SSSR count). The maximum absolute atomic E-state index is 13.3. The molecule has 0 radical (unpaired) electrons. The first-order valence-corrected chi connectivity index (χ1v) is 12.2. The third kappa shape index (κ3) is 2.21. The molecule has 6 nitrogen and oxygen atoms in total. The fraction of sp³-hybridized carbons (Fsp3) is 0.276. The molecule has 5 aromatic rings. The summed E-state index contributed by atoms with van der Waals surface area (Å²) in [6, 6.07) is 16.9. The molecule has 6 heteroatoms. The second-order valence-electron chi connectivity index (χ2n) is 10.1. The number of amides is 1. The van der Waals surface area contributed by atoms with Gasteiger partial charge in [0.15, 0.2) is 6.23 Å². The van der Waals surface area contributed by atoms with Gasteiger partial charge in [0.25, 0.3) is 5.91 Å². The first kappa shape index (κ1) is 19.7. The summed E-state index contributed by atoms with van der Waals surface area (Å²) < 4.78 is 17.8. The lowest BCUT2D eigenvalue weighted by atomic mass is 9.87. The van der Waals surface area contributed by atoms with Crippen LogP contribution < -0.4 is 5.32 Å². The number of ether oxygens (including phenoxy) is 2. The number of aromatic nitrogens is 2. The topological polar surface area (TPSA) is 57.4 Å². The monoisotopic (exact) mass is 463 g/mol. The van der Waals surface area contributed by atoms with E-state index in [1.807, 2.05) is 0 Å². The first-order chi connectivity index (χ1) is 17.1. The van der Waals surface area contributed by atoms with Crippen molar-refractivity contribution in [3.05, 3.63) is 71.8 Å². The number of nitrogens with one attached hydrogen (secondary N) is 1. The Morgan fingerprint density at radius 2 is 1.69 bits per heavy atom. The predicted octanol–water partition coefficient (Wildman–Crippen LogP) is 5.78. The molecule has 174 valence electrons. The van der Waals surface area contributed by atoms with Crippen molar-refractivity contribution in [2.75, 3.05) is 7.11 Å². The number of nitrogens with zero attached hydrogens (tertiary/aromatic N) is 2. The Balaban J connectivity index is 1.69. The van der Waals surface area contributed by atoms with Crippen molar-refractivity contribution >= 4 is 49.5 Å². The summed E-state index contributed by atoms with van der Waals surface area (Å²) in [6.45, 7) is 6.96. The highest BCUT2D eigenvalue weighted by Crippen LogP contribution is 2.53. The summed E-state index contributed by atoms with van der Waals surface area (Å²) in [6.07, 6.45) is 0.0976. The second-order valence-corrected chi connectivity index (χ2v) is 10.1. The highest BCUT2D eigenvalue weighted by Gasteiger charge is 2.46. The van der Waals surface area contributed by atoms with Gasteiger partial charge in [-0.1, -0.05) is 48.6 Å². The molecule has 0 aliphatic carbocycles. The van der Waals surface area contributed by atoms with Crippen molar-refractivity contribution in [3.63, 3.8) is 0 Å². The van der Waals surface area contributed by atoms with Gasteiger partial charge < -0.3 is 23.9 Å². The molecule has 0 saturated carbocycles. The van der Waals surface area contributed by atoms with Gasteiger partial charge in [-0.3, -0.25) is 4.79 Å². The van der Waals surface area contributed by atoms with Crippen LogP contribution in [0.4, 0.5) is 0 Å². The summed E-state index contributed by atoms with van der Waals surface area (Å²) in [4.78, 5) is 13.3. The molecular formula is C29H25N3O3. The van der Waals surface area contributed by atoms with Crippen LogP contribution in [0.2, 0.25) is 0 Å². The molecule has 3 aliphatic heterocycles. The number of fused-ring (bicyclic) bond motifs is 13. The lowest BCUT2D eigenvalue weighted by Gasteiger charge is -2.42. The number of carbonyl (C=O) groups is 1. The van der Waals surface area contributed by atoms with E-state index in [0.717, 1.165) is 66.7 Å². The fourth-order valence-corrected chi connectivity index (χ4v) is 7.05. The average molecular weight is 464 g/mol. The zero-order valence-corrected chi connectivity index (χ0v) is 19.7. The molecule has 0 spiro atoms. The number of carbonyl (C=O) groups excluding carboxylic acids is 1. The Bertz CT molecular complexity index is 1770. The smallest absolute Gasteiger partial charge is 0.252 e. The van der Waals surface area contributed by atoms with Crippen molar-refractivity contribution in [2.45, 2.75) is 38.4 Å². The highest BCUT2D eigenvalue weighted by atomic mass is 16.6. The Hall–Kier alpha value is -3.61. The summed E-state index contributed by atoms with van der Waals surface area (Å²) in [5.74, 6) is 0.144. The van der Waals surface area contributed by atoms with Gasteiger partial charge in [0.2, 0.25) is 0 Å². The standard InChI is InChI=1S/C29H25N3O3/c1-14(2)17-12-21-31-19-10-6-5-9-16(19)23-24-18(13-30-28(24)33)22-15-8-4-7-11-20(15)32(25(22)26(23)31)29(35-21)27(17)34-3/h4-11,17,21,27,29H,1,12-13H2,2-3H3,(H,30,33)/t17-,21+,27+,29-/m0/s1. The van der Waals surface area contributed by atoms with Crippen molar-refractivity contribution in [1.82, 2.24) is 14.5 Å². The maximum atomic E-state index is 13.3. The fourth-order valence-electron chi connectivity index (χ4n) is 7.05. The van der Waals surface area contributed by atoms with Crippen molar-refractivity contribution in [3.8, 4) is 0 Å². The van der Waals surface area contributed by atoms with Crippen LogP contribution in [0.25, 0.3) is 43.6 Å². The SMILES string of the molecule is C=C(C)[C@@H]1C[C@H]2O[C@@H]([C@@H]1OC)n1c3ccccc3c3c4c(c5c6ccccc6n2c5c31)C(=O)NC4. The van der Waals surface area contributed by atoms with Gasteiger partial charge in [0.05, 0.1) is 27.6 Å². The third-order valence-corrected chi connectivity index (χ3v) is 8.43. The minimum Gasteiger partial charge on any atom is -0.376 e. The number of para-hydroxylation sites is 2. The largest absolute Gasteiger partial charge is 0.376 e. The van der Waals surface area contributed by atoms with Gasteiger partial charge in [-0.25, -0.2) is 0 Å². The minimum absolute atomic E-state index is 0.00403. The van der Waals surface area contributed by atoms with E-state index in [4.69, 9.17) is 9.47 Å². The van der Waals surface area contributed by atoms with Gasteiger partial charge in [-0.15, -0.1) is 0 Å². The average Bonchev–Trinajstić information content (AvgIpc) is 3.50. The Labute approximate surface area is 201 Å². The maximum Gasteiger partial charge on any atom is 0.252 e. The molecule has 4 atom stereocenters. The van der Waals surface area contributed by atoms with Gasteiger partial charge in [0.1, 0.15) is 12.3 Å². The molecule has 1 fully saturated rings. The number of methoxy groups -OCH3 is 1. The number of rotatable bonds is 2. The molecule has 1 amide bonds. The van der Waals surface area contributed by atoms with E-state index < -0.39 is 0 Å². The molecule has 1 N–H and O–H groups in total.